The summed E-state index contributed by atoms with van der Waals surface area (Å²) in [4.78, 5) is 13.7. The van der Waals surface area contributed by atoms with Crippen molar-refractivity contribution in [1.82, 2.24) is 4.90 Å². The van der Waals surface area contributed by atoms with Crippen LogP contribution in [0.4, 0.5) is 0 Å². The van der Waals surface area contributed by atoms with Gasteiger partial charge >= 0.3 is 0 Å². The molecule has 2 N–H and O–H groups in total. The topological polar surface area (TPSA) is 55.6 Å². The second-order valence-electron chi connectivity index (χ2n) is 4.86. The lowest BCUT2D eigenvalue weighted by molar-refractivity contribution is -0.136. The Morgan fingerprint density at radius 2 is 2.12 bits per heavy atom. The summed E-state index contributed by atoms with van der Waals surface area (Å²) < 4.78 is 5.61. The van der Waals surface area contributed by atoms with Gasteiger partial charge < -0.3 is 15.4 Å². The van der Waals surface area contributed by atoms with E-state index >= 15 is 0 Å². The van der Waals surface area contributed by atoms with Gasteiger partial charge in [-0.05, 0) is 26.2 Å². The Bertz CT molecular complexity index is 231. The summed E-state index contributed by atoms with van der Waals surface area (Å²) in [6, 6.07) is -0.0952. The Morgan fingerprint density at radius 3 is 2.59 bits per heavy atom. The number of carbonyl (C=O) groups excluding carboxylic acids is 1. The van der Waals surface area contributed by atoms with Gasteiger partial charge in [-0.2, -0.15) is 0 Å². The van der Waals surface area contributed by atoms with E-state index in [1.54, 1.807) is 4.90 Å². The molecule has 1 saturated heterocycles. The smallest absolute Gasteiger partial charge is 0.226 e. The van der Waals surface area contributed by atoms with Crippen LogP contribution in [-0.4, -0.2) is 43.2 Å². The first-order valence-corrected chi connectivity index (χ1v) is 6.14. The molecule has 4 nitrogen and oxygen atoms in total. The molecule has 1 aliphatic rings. The predicted molar refractivity (Wildman–Crippen MR) is 71.3 cm³/mol. The van der Waals surface area contributed by atoms with Crippen molar-refractivity contribution in [3.8, 4) is 0 Å². The lowest BCUT2D eigenvalue weighted by atomic mass is 10.0. The Kier molecular flexibility index (Phi) is 7.75. The average Bonchev–Trinajstić information content (AvgIpc) is 2.28. The van der Waals surface area contributed by atoms with E-state index in [0.717, 1.165) is 19.4 Å². The number of halogens is 1. The van der Waals surface area contributed by atoms with Gasteiger partial charge in [0.05, 0.1) is 12.0 Å². The van der Waals surface area contributed by atoms with E-state index in [1.165, 1.54) is 6.42 Å². The fraction of sp³-hybridized carbons (Fsp3) is 0.917. The SMILES string of the molecule is CC(N)C(C)C(=O)N(C)CC1CCCCO1.Cl. The van der Waals surface area contributed by atoms with Crippen LogP contribution in [0, 0.1) is 5.92 Å². The highest BCUT2D eigenvalue weighted by Crippen LogP contribution is 2.14. The quantitative estimate of drug-likeness (QED) is 0.836. The second-order valence-corrected chi connectivity index (χ2v) is 4.86. The van der Waals surface area contributed by atoms with Crippen LogP contribution in [0.25, 0.3) is 0 Å². The third kappa shape index (κ3) is 5.23. The van der Waals surface area contributed by atoms with Crippen molar-refractivity contribution in [3.05, 3.63) is 0 Å². The van der Waals surface area contributed by atoms with Crippen molar-refractivity contribution in [3.63, 3.8) is 0 Å². The number of hydrogen-bond donors (Lipinski definition) is 1. The number of rotatable bonds is 4. The van der Waals surface area contributed by atoms with Gasteiger partial charge in [0.1, 0.15) is 0 Å². The van der Waals surface area contributed by atoms with Gasteiger partial charge in [0, 0.05) is 26.2 Å². The van der Waals surface area contributed by atoms with Gasteiger partial charge in [-0.25, -0.2) is 0 Å². The van der Waals surface area contributed by atoms with Crippen LogP contribution in [0.15, 0.2) is 0 Å². The Hall–Kier alpha value is -0.320. The number of nitrogens with two attached hydrogens (primary N) is 1. The zero-order valence-corrected chi connectivity index (χ0v) is 11.8. The van der Waals surface area contributed by atoms with Crippen molar-refractivity contribution >= 4 is 18.3 Å². The largest absolute Gasteiger partial charge is 0.376 e. The van der Waals surface area contributed by atoms with Crippen LogP contribution < -0.4 is 5.73 Å². The Balaban J connectivity index is 0.00000256. The first-order chi connectivity index (χ1) is 7.52. The van der Waals surface area contributed by atoms with E-state index in [0.29, 0.717) is 6.54 Å². The highest BCUT2D eigenvalue weighted by molar-refractivity contribution is 5.85. The zero-order valence-electron chi connectivity index (χ0n) is 11.0. The maximum Gasteiger partial charge on any atom is 0.226 e. The zero-order chi connectivity index (χ0) is 12.1. The molecule has 0 aromatic heterocycles. The van der Waals surface area contributed by atoms with Gasteiger partial charge in [-0.15, -0.1) is 12.4 Å². The van der Waals surface area contributed by atoms with Crippen molar-refractivity contribution in [1.29, 1.82) is 0 Å². The molecule has 0 aromatic rings. The summed E-state index contributed by atoms with van der Waals surface area (Å²) in [5.74, 6) is -0.00207. The number of nitrogens with zero attached hydrogens (tertiary/aromatic N) is 1. The first-order valence-electron chi connectivity index (χ1n) is 6.14. The van der Waals surface area contributed by atoms with E-state index in [-0.39, 0.29) is 36.4 Å². The summed E-state index contributed by atoms with van der Waals surface area (Å²) in [5, 5.41) is 0. The van der Waals surface area contributed by atoms with Crippen molar-refractivity contribution in [2.45, 2.75) is 45.3 Å². The fourth-order valence-corrected chi connectivity index (χ4v) is 1.92. The van der Waals surface area contributed by atoms with Crippen LogP contribution >= 0.6 is 12.4 Å². The van der Waals surface area contributed by atoms with Crippen molar-refractivity contribution < 1.29 is 9.53 Å². The normalized spacial score (nSPS) is 23.4. The fourth-order valence-electron chi connectivity index (χ4n) is 1.92. The maximum atomic E-state index is 11.9. The minimum atomic E-state index is -0.117. The van der Waals surface area contributed by atoms with Crippen molar-refractivity contribution in [2.24, 2.45) is 11.7 Å². The van der Waals surface area contributed by atoms with Crippen molar-refractivity contribution in [2.75, 3.05) is 20.2 Å². The van der Waals surface area contributed by atoms with Gasteiger partial charge in [-0.1, -0.05) is 6.92 Å². The maximum absolute atomic E-state index is 11.9. The Morgan fingerprint density at radius 1 is 1.47 bits per heavy atom. The van der Waals surface area contributed by atoms with Gasteiger partial charge in [0.25, 0.3) is 0 Å². The molecule has 17 heavy (non-hydrogen) atoms. The molecule has 1 heterocycles. The monoisotopic (exact) mass is 264 g/mol. The molecule has 1 rings (SSSR count). The van der Waals surface area contributed by atoms with E-state index < -0.39 is 0 Å². The lowest BCUT2D eigenvalue weighted by Gasteiger charge is -2.29. The standard InChI is InChI=1S/C12H24N2O2.ClH/c1-9(10(2)13)12(15)14(3)8-11-6-4-5-7-16-11;/h9-11H,4-8,13H2,1-3H3;1H. The van der Waals surface area contributed by atoms with Crippen LogP contribution in [0.2, 0.25) is 0 Å². The molecule has 102 valence electrons. The molecule has 0 radical (unpaired) electrons. The summed E-state index contributed by atoms with van der Waals surface area (Å²) in [6.45, 7) is 5.27. The molecule has 0 spiro atoms. The van der Waals surface area contributed by atoms with E-state index in [9.17, 15) is 4.79 Å². The number of ether oxygens (including phenoxy) is 1. The van der Waals surface area contributed by atoms with Gasteiger partial charge in [0.15, 0.2) is 0 Å². The number of hydrogen-bond acceptors (Lipinski definition) is 3. The minimum absolute atomic E-state index is 0. The Labute approximate surface area is 110 Å². The molecule has 3 atom stereocenters. The minimum Gasteiger partial charge on any atom is -0.376 e. The highest BCUT2D eigenvalue weighted by atomic mass is 35.5. The van der Waals surface area contributed by atoms with Gasteiger partial charge in [-0.3, -0.25) is 4.79 Å². The molecule has 0 aromatic carbocycles. The summed E-state index contributed by atoms with van der Waals surface area (Å²) in [7, 11) is 1.83. The second kappa shape index (κ2) is 7.90. The predicted octanol–water partition coefficient (Wildman–Crippen LogP) is 1.42. The third-order valence-corrected chi connectivity index (χ3v) is 3.31. The van der Waals surface area contributed by atoms with E-state index in [4.69, 9.17) is 10.5 Å². The van der Waals surface area contributed by atoms with Crippen LogP contribution in [0.5, 0.6) is 0 Å². The van der Waals surface area contributed by atoms with Gasteiger partial charge in [0.2, 0.25) is 5.91 Å². The number of likely N-dealkylation sites (N-methyl/N-ethyl adjacent to an activating group) is 1. The lowest BCUT2D eigenvalue weighted by Crippen LogP contribution is -2.43. The molecular formula is C12H25ClN2O2. The number of carbonyl (C=O) groups is 1. The molecule has 1 fully saturated rings. The molecule has 3 unspecified atom stereocenters. The highest BCUT2D eigenvalue weighted by Gasteiger charge is 2.24. The van der Waals surface area contributed by atoms with Crippen LogP contribution in [0.3, 0.4) is 0 Å². The summed E-state index contributed by atoms with van der Waals surface area (Å²) in [5.41, 5.74) is 5.73. The van der Waals surface area contributed by atoms with E-state index in [1.807, 2.05) is 20.9 Å². The molecule has 5 heteroatoms. The molecule has 1 amide bonds. The molecule has 0 bridgehead atoms. The summed E-state index contributed by atoms with van der Waals surface area (Å²) >= 11 is 0. The molecule has 0 saturated carbocycles. The van der Waals surface area contributed by atoms with Crippen LogP contribution in [-0.2, 0) is 9.53 Å². The molecule has 1 aliphatic heterocycles. The summed E-state index contributed by atoms with van der Waals surface area (Å²) in [6.07, 6.45) is 3.62. The van der Waals surface area contributed by atoms with Crippen LogP contribution in [0.1, 0.15) is 33.1 Å². The first kappa shape index (κ1) is 16.7. The third-order valence-electron chi connectivity index (χ3n) is 3.31. The van der Waals surface area contributed by atoms with E-state index in [2.05, 4.69) is 0 Å². The molecule has 0 aliphatic carbocycles. The average molecular weight is 265 g/mol. The molecular weight excluding hydrogens is 240 g/mol. The number of amides is 1.